The fourth-order valence-corrected chi connectivity index (χ4v) is 0.478. The van der Waals surface area contributed by atoms with Gasteiger partial charge in [0.05, 0.1) is 0 Å². The normalized spacial score (nSPS) is 8.57. The summed E-state index contributed by atoms with van der Waals surface area (Å²) >= 11 is 0. The third-order valence-corrected chi connectivity index (χ3v) is 0.843. The lowest BCUT2D eigenvalue weighted by atomic mass is 10.2. The van der Waals surface area contributed by atoms with Crippen LogP contribution >= 0.6 is 0 Å². The summed E-state index contributed by atoms with van der Waals surface area (Å²) in [6, 6.07) is 9.87. The number of hydrogen-bond donors (Lipinski definition) is 0. The van der Waals surface area contributed by atoms with Crippen LogP contribution in [0, 0.1) is 6.92 Å². The molecule has 0 unspecified atom stereocenters. The van der Waals surface area contributed by atoms with E-state index in [4.69, 9.17) is 0 Å². The van der Waals surface area contributed by atoms with Crippen molar-refractivity contribution in [2.45, 2.75) is 0 Å². The van der Waals surface area contributed by atoms with Crippen molar-refractivity contribution in [1.82, 2.24) is 0 Å². The van der Waals surface area contributed by atoms with Crippen molar-refractivity contribution in [2.24, 2.45) is 0 Å². The van der Waals surface area contributed by atoms with Crippen molar-refractivity contribution in [3.63, 3.8) is 0 Å². The Hall–Kier alpha value is -0.910. The molecule has 0 aliphatic heterocycles. The highest BCUT2D eigenvalue weighted by atomic mass is 13.8. The molecule has 0 aromatic heterocycles. The van der Waals surface area contributed by atoms with Gasteiger partial charge < -0.3 is 0 Å². The van der Waals surface area contributed by atoms with Crippen LogP contribution in [0.25, 0.3) is 0 Å². The lowest BCUT2D eigenvalue weighted by Crippen LogP contribution is -1.62. The summed E-state index contributed by atoms with van der Waals surface area (Å²) in [4.78, 5) is 0. The molecular weight excluding hydrogens is 84.1 g/mol. The first-order valence-corrected chi connectivity index (χ1v) is 2.26. The Morgan fingerprint density at radius 3 is 1.86 bits per heavy atom. The predicted molar refractivity (Wildman–Crippen MR) is 30.9 cm³/mol. The molecule has 0 saturated carbocycles. The minimum absolute atomic E-state index is 1.07. The molecule has 0 atom stereocenters. The first kappa shape index (κ1) is 4.25. The first-order valence-electron chi connectivity index (χ1n) is 2.26. The molecule has 0 bridgehead atoms. The highest BCUT2D eigenvalue weighted by molar-refractivity contribution is 5.16. The van der Waals surface area contributed by atoms with Gasteiger partial charge in [0.1, 0.15) is 5.56 Å². The minimum Gasteiger partial charge on any atom is -0.0356 e. The van der Waals surface area contributed by atoms with E-state index in [0.29, 0.717) is 0 Å². The Morgan fingerprint density at radius 2 is 1.57 bits per heavy atom. The molecule has 1 aromatic rings. The lowest BCUT2D eigenvalue weighted by molar-refractivity contribution is 1.62. The zero-order valence-corrected chi connectivity index (χ0v) is 4.09. The Kier molecular flexibility index (Phi) is 1.03. The van der Waals surface area contributed by atoms with E-state index in [1.165, 1.54) is 0 Å². The van der Waals surface area contributed by atoms with Crippen molar-refractivity contribution in [3.8, 4) is 0 Å². The van der Waals surface area contributed by atoms with Gasteiger partial charge in [-0.15, -0.1) is 0 Å². The van der Waals surface area contributed by atoms with Gasteiger partial charge in [0, 0.05) is 19.1 Å². The molecule has 0 heteroatoms. The standard InChI is InChI=1S/C7H7/c1-7-5-3-2-4-6-7/h2-6H,1H2/q+1. The van der Waals surface area contributed by atoms with Crippen LogP contribution in [0.5, 0.6) is 0 Å². The summed E-state index contributed by atoms with van der Waals surface area (Å²) in [5.41, 5.74) is 1.07. The second-order valence-electron chi connectivity index (χ2n) is 1.49. The zero-order chi connectivity index (χ0) is 5.11. The van der Waals surface area contributed by atoms with Gasteiger partial charge in [0.2, 0.25) is 0 Å². The molecule has 0 radical (unpaired) electrons. The average molecular weight is 91.1 g/mol. The van der Waals surface area contributed by atoms with Crippen LogP contribution in [0.2, 0.25) is 0 Å². The highest BCUT2D eigenvalue weighted by Crippen LogP contribution is 1.92. The zero-order valence-electron chi connectivity index (χ0n) is 4.09. The summed E-state index contributed by atoms with van der Waals surface area (Å²) in [6.07, 6.45) is 0. The van der Waals surface area contributed by atoms with E-state index in [9.17, 15) is 0 Å². The van der Waals surface area contributed by atoms with Crippen molar-refractivity contribution < 1.29 is 0 Å². The van der Waals surface area contributed by atoms with Crippen molar-refractivity contribution in [2.75, 3.05) is 0 Å². The average Bonchev–Trinajstić information content (AvgIpc) is 1.69. The second kappa shape index (κ2) is 1.69. The Bertz CT molecular complexity index is 130. The fourth-order valence-electron chi connectivity index (χ4n) is 0.478. The van der Waals surface area contributed by atoms with Gasteiger partial charge in [-0.1, -0.05) is 0 Å². The van der Waals surface area contributed by atoms with Crippen molar-refractivity contribution in [1.29, 1.82) is 0 Å². The third kappa shape index (κ3) is 0.967. The summed E-state index contributed by atoms with van der Waals surface area (Å²) in [7, 11) is 0. The van der Waals surface area contributed by atoms with Crippen LogP contribution in [0.3, 0.4) is 0 Å². The van der Waals surface area contributed by atoms with Gasteiger partial charge in [0.15, 0.2) is 0 Å². The summed E-state index contributed by atoms with van der Waals surface area (Å²) < 4.78 is 0. The van der Waals surface area contributed by atoms with Crippen LogP contribution < -0.4 is 0 Å². The van der Waals surface area contributed by atoms with Gasteiger partial charge in [-0.3, -0.25) is 0 Å². The van der Waals surface area contributed by atoms with Crippen LogP contribution in [0.1, 0.15) is 5.56 Å². The molecule has 1 aromatic carbocycles. The second-order valence-corrected chi connectivity index (χ2v) is 1.49. The molecular formula is C7H7+. The van der Waals surface area contributed by atoms with Crippen LogP contribution in [0.4, 0.5) is 0 Å². The van der Waals surface area contributed by atoms with E-state index in [2.05, 4.69) is 6.92 Å². The van der Waals surface area contributed by atoms with E-state index >= 15 is 0 Å². The summed E-state index contributed by atoms with van der Waals surface area (Å²) in [5.74, 6) is 0. The maximum Gasteiger partial charge on any atom is 0.126 e. The van der Waals surface area contributed by atoms with E-state index < -0.39 is 0 Å². The molecule has 0 amide bonds. The number of hydrogen-bond acceptors (Lipinski definition) is 0. The molecule has 0 N–H and O–H groups in total. The minimum atomic E-state index is 1.07. The van der Waals surface area contributed by atoms with Crippen LogP contribution in [-0.4, -0.2) is 0 Å². The van der Waals surface area contributed by atoms with Crippen LogP contribution in [-0.2, 0) is 0 Å². The van der Waals surface area contributed by atoms with Gasteiger partial charge in [-0.05, 0) is 18.2 Å². The molecule has 1 rings (SSSR count). The number of benzene rings is 1. The molecule has 34 valence electrons. The van der Waals surface area contributed by atoms with E-state index in [1.54, 1.807) is 0 Å². The van der Waals surface area contributed by atoms with Crippen molar-refractivity contribution >= 4 is 0 Å². The Labute approximate surface area is 43.8 Å². The molecule has 7 heavy (non-hydrogen) atoms. The smallest absolute Gasteiger partial charge is 0.0356 e. The van der Waals surface area contributed by atoms with E-state index in [0.717, 1.165) is 5.56 Å². The molecule has 0 nitrogen and oxygen atoms in total. The molecule has 0 heterocycles. The molecule has 0 aliphatic carbocycles. The molecule has 0 saturated heterocycles. The number of rotatable bonds is 0. The first-order chi connectivity index (χ1) is 3.39. The van der Waals surface area contributed by atoms with Gasteiger partial charge in [-0.2, -0.15) is 0 Å². The Morgan fingerprint density at radius 1 is 1.00 bits per heavy atom. The summed E-state index contributed by atoms with van der Waals surface area (Å²) in [5, 5.41) is 0. The predicted octanol–water partition coefficient (Wildman–Crippen LogP) is 1.87. The third-order valence-electron chi connectivity index (χ3n) is 0.843. The fraction of sp³-hybridized carbons (Fsp3) is 0. The van der Waals surface area contributed by atoms with Crippen molar-refractivity contribution in [3.05, 3.63) is 42.8 Å². The molecule has 0 spiro atoms. The lowest BCUT2D eigenvalue weighted by Gasteiger charge is -1.72. The topological polar surface area (TPSA) is 0 Å². The monoisotopic (exact) mass is 91.1 g/mol. The Balaban J connectivity index is 3.02. The summed E-state index contributed by atoms with van der Waals surface area (Å²) in [6.45, 7) is 3.72. The SMILES string of the molecule is [CH2+]c1ccccc1. The van der Waals surface area contributed by atoms with Crippen LogP contribution in [0.15, 0.2) is 30.3 Å². The molecule has 0 aliphatic rings. The van der Waals surface area contributed by atoms with E-state index in [-0.39, 0.29) is 0 Å². The van der Waals surface area contributed by atoms with Gasteiger partial charge >= 0.3 is 0 Å². The largest absolute Gasteiger partial charge is 0.126 e. The highest BCUT2D eigenvalue weighted by Gasteiger charge is 1.82. The molecule has 0 fully saturated rings. The maximum atomic E-state index is 3.72. The van der Waals surface area contributed by atoms with E-state index in [1.807, 2.05) is 30.3 Å². The van der Waals surface area contributed by atoms with Gasteiger partial charge in [-0.25, -0.2) is 0 Å². The maximum absolute atomic E-state index is 3.72. The van der Waals surface area contributed by atoms with Gasteiger partial charge in [0.25, 0.3) is 0 Å². The quantitative estimate of drug-likeness (QED) is 0.427.